The summed E-state index contributed by atoms with van der Waals surface area (Å²) in [7, 11) is 1.70. The molecule has 2 unspecified atom stereocenters. The van der Waals surface area contributed by atoms with Crippen LogP contribution in [0.15, 0.2) is 18.2 Å². The van der Waals surface area contributed by atoms with E-state index < -0.39 is 0 Å². The largest absolute Gasteiger partial charge is 0.497 e. The first-order valence-electron chi connectivity index (χ1n) is 7.22. The van der Waals surface area contributed by atoms with E-state index in [9.17, 15) is 0 Å². The minimum absolute atomic E-state index is 0.392. The zero-order valence-corrected chi connectivity index (χ0v) is 12.6. The molecule has 1 aliphatic heterocycles. The predicted molar refractivity (Wildman–Crippen MR) is 82.5 cm³/mol. The normalized spacial score (nSPS) is 22.4. The molecule has 0 aliphatic carbocycles. The van der Waals surface area contributed by atoms with Gasteiger partial charge in [0.25, 0.3) is 0 Å². The van der Waals surface area contributed by atoms with Crippen molar-refractivity contribution in [2.45, 2.75) is 20.4 Å². The van der Waals surface area contributed by atoms with Crippen molar-refractivity contribution in [1.82, 2.24) is 4.90 Å². The van der Waals surface area contributed by atoms with Crippen LogP contribution < -0.4 is 10.5 Å². The number of benzene rings is 1. The highest BCUT2D eigenvalue weighted by molar-refractivity contribution is 5.45. The molecule has 1 fully saturated rings. The lowest BCUT2D eigenvalue weighted by atomic mass is 10.0. The Labute approximate surface area is 122 Å². The van der Waals surface area contributed by atoms with Gasteiger partial charge in [-0.15, -0.1) is 0 Å². The summed E-state index contributed by atoms with van der Waals surface area (Å²) in [5.41, 5.74) is 7.76. The van der Waals surface area contributed by atoms with E-state index in [2.05, 4.69) is 36.7 Å². The summed E-state index contributed by atoms with van der Waals surface area (Å²) in [5, 5.41) is 0. The second-order valence-corrected chi connectivity index (χ2v) is 5.68. The van der Waals surface area contributed by atoms with Crippen LogP contribution in [0, 0.1) is 23.7 Å². The van der Waals surface area contributed by atoms with E-state index in [0.29, 0.717) is 6.54 Å². The molecular weight excluding hydrogens is 248 g/mol. The van der Waals surface area contributed by atoms with Gasteiger partial charge in [-0.05, 0) is 35.6 Å². The van der Waals surface area contributed by atoms with E-state index >= 15 is 0 Å². The van der Waals surface area contributed by atoms with Crippen LogP contribution >= 0.6 is 0 Å². The highest BCUT2D eigenvalue weighted by atomic mass is 16.5. The van der Waals surface area contributed by atoms with Crippen molar-refractivity contribution in [3.05, 3.63) is 29.3 Å². The standard InChI is InChI=1S/C17H24N2O/c1-13-10-19(11-14(13)2)12-16-9-17(20-3)7-6-15(16)5-4-8-18/h6-7,9,13-14H,8,10-12,18H2,1-3H3. The van der Waals surface area contributed by atoms with Gasteiger partial charge in [0.05, 0.1) is 13.7 Å². The third kappa shape index (κ3) is 3.53. The minimum atomic E-state index is 0.392. The molecule has 2 N–H and O–H groups in total. The van der Waals surface area contributed by atoms with Crippen molar-refractivity contribution >= 4 is 0 Å². The number of ether oxygens (including phenoxy) is 1. The number of methoxy groups -OCH3 is 1. The molecule has 1 aliphatic rings. The quantitative estimate of drug-likeness (QED) is 0.856. The molecule has 1 heterocycles. The Hall–Kier alpha value is -1.50. The molecule has 1 saturated heterocycles. The maximum atomic E-state index is 5.47. The molecule has 0 bridgehead atoms. The van der Waals surface area contributed by atoms with Crippen molar-refractivity contribution < 1.29 is 4.74 Å². The van der Waals surface area contributed by atoms with Crippen molar-refractivity contribution in [2.75, 3.05) is 26.7 Å². The molecule has 3 heteroatoms. The number of nitrogens with zero attached hydrogens (tertiary/aromatic N) is 1. The van der Waals surface area contributed by atoms with E-state index in [-0.39, 0.29) is 0 Å². The molecule has 1 aromatic rings. The van der Waals surface area contributed by atoms with Crippen LogP contribution in [-0.2, 0) is 6.54 Å². The summed E-state index contributed by atoms with van der Waals surface area (Å²) in [5.74, 6) is 8.52. The van der Waals surface area contributed by atoms with Crippen LogP contribution in [0.3, 0.4) is 0 Å². The molecule has 0 saturated carbocycles. The summed E-state index contributed by atoms with van der Waals surface area (Å²) >= 11 is 0. The van der Waals surface area contributed by atoms with Crippen LogP contribution in [0.1, 0.15) is 25.0 Å². The summed E-state index contributed by atoms with van der Waals surface area (Å²) < 4.78 is 5.33. The van der Waals surface area contributed by atoms with Gasteiger partial charge in [-0.2, -0.15) is 0 Å². The monoisotopic (exact) mass is 272 g/mol. The van der Waals surface area contributed by atoms with Crippen molar-refractivity contribution in [3.63, 3.8) is 0 Å². The van der Waals surface area contributed by atoms with Crippen LogP contribution in [0.25, 0.3) is 0 Å². The first-order valence-corrected chi connectivity index (χ1v) is 7.22. The molecule has 20 heavy (non-hydrogen) atoms. The predicted octanol–water partition coefficient (Wildman–Crippen LogP) is 2.09. The van der Waals surface area contributed by atoms with E-state index in [1.54, 1.807) is 7.11 Å². The van der Waals surface area contributed by atoms with E-state index in [0.717, 1.165) is 42.8 Å². The van der Waals surface area contributed by atoms with Crippen LogP contribution in [-0.4, -0.2) is 31.6 Å². The highest BCUT2D eigenvalue weighted by Crippen LogP contribution is 2.26. The zero-order valence-electron chi connectivity index (χ0n) is 12.6. The Balaban J connectivity index is 2.19. The fourth-order valence-corrected chi connectivity index (χ4v) is 2.72. The third-order valence-electron chi connectivity index (χ3n) is 4.10. The lowest BCUT2D eigenvalue weighted by molar-refractivity contribution is 0.315. The second-order valence-electron chi connectivity index (χ2n) is 5.68. The maximum Gasteiger partial charge on any atom is 0.119 e. The van der Waals surface area contributed by atoms with E-state index in [1.807, 2.05) is 12.1 Å². The van der Waals surface area contributed by atoms with E-state index in [4.69, 9.17) is 10.5 Å². The second kappa shape index (κ2) is 6.78. The molecular formula is C17H24N2O. The van der Waals surface area contributed by atoms with Gasteiger partial charge in [0, 0.05) is 25.2 Å². The molecule has 1 aromatic carbocycles. The Kier molecular flexibility index (Phi) is 5.05. The summed E-state index contributed by atoms with van der Waals surface area (Å²) in [6.45, 7) is 8.28. The Bertz CT molecular complexity index is 505. The van der Waals surface area contributed by atoms with Crippen LogP contribution in [0.2, 0.25) is 0 Å². The minimum Gasteiger partial charge on any atom is -0.497 e. The average molecular weight is 272 g/mol. The van der Waals surface area contributed by atoms with Gasteiger partial charge in [-0.1, -0.05) is 25.7 Å². The smallest absolute Gasteiger partial charge is 0.119 e. The van der Waals surface area contributed by atoms with Gasteiger partial charge in [0.15, 0.2) is 0 Å². The zero-order chi connectivity index (χ0) is 14.5. The highest BCUT2D eigenvalue weighted by Gasteiger charge is 2.26. The van der Waals surface area contributed by atoms with Gasteiger partial charge >= 0.3 is 0 Å². The number of hydrogen-bond acceptors (Lipinski definition) is 3. The third-order valence-corrected chi connectivity index (χ3v) is 4.10. The topological polar surface area (TPSA) is 38.5 Å². The first-order chi connectivity index (χ1) is 9.63. The Morgan fingerprint density at radius 1 is 1.30 bits per heavy atom. The SMILES string of the molecule is COc1ccc(C#CCN)c(CN2CC(C)C(C)C2)c1. The molecule has 2 rings (SSSR count). The lowest BCUT2D eigenvalue weighted by Gasteiger charge is -2.17. The van der Waals surface area contributed by atoms with Gasteiger partial charge in [-0.25, -0.2) is 0 Å². The number of hydrogen-bond donors (Lipinski definition) is 1. The number of rotatable bonds is 3. The Morgan fingerprint density at radius 3 is 2.60 bits per heavy atom. The van der Waals surface area contributed by atoms with Crippen molar-refractivity contribution in [3.8, 4) is 17.6 Å². The first kappa shape index (κ1) is 14.9. The maximum absolute atomic E-state index is 5.47. The fraction of sp³-hybridized carbons (Fsp3) is 0.529. The summed E-state index contributed by atoms with van der Waals surface area (Å²) in [6.07, 6.45) is 0. The van der Waals surface area contributed by atoms with E-state index in [1.165, 1.54) is 5.56 Å². The molecule has 2 atom stereocenters. The number of likely N-dealkylation sites (tertiary alicyclic amines) is 1. The molecule has 0 spiro atoms. The van der Waals surface area contributed by atoms with Crippen molar-refractivity contribution in [1.29, 1.82) is 0 Å². The van der Waals surface area contributed by atoms with Crippen molar-refractivity contribution in [2.24, 2.45) is 17.6 Å². The molecule has 0 amide bonds. The van der Waals surface area contributed by atoms with Gasteiger partial charge in [-0.3, -0.25) is 4.90 Å². The number of nitrogens with two attached hydrogens (primary N) is 1. The molecule has 3 nitrogen and oxygen atoms in total. The van der Waals surface area contributed by atoms with Crippen LogP contribution in [0.5, 0.6) is 5.75 Å². The molecule has 0 radical (unpaired) electrons. The average Bonchev–Trinajstić information content (AvgIpc) is 2.75. The Morgan fingerprint density at radius 2 is 2.00 bits per heavy atom. The van der Waals surface area contributed by atoms with Gasteiger partial charge in [0.2, 0.25) is 0 Å². The lowest BCUT2D eigenvalue weighted by Crippen LogP contribution is -2.20. The fourth-order valence-electron chi connectivity index (χ4n) is 2.72. The van der Waals surface area contributed by atoms with Crippen LogP contribution in [0.4, 0.5) is 0 Å². The van der Waals surface area contributed by atoms with Gasteiger partial charge in [0.1, 0.15) is 5.75 Å². The summed E-state index contributed by atoms with van der Waals surface area (Å²) in [6, 6.07) is 6.08. The van der Waals surface area contributed by atoms with Gasteiger partial charge < -0.3 is 10.5 Å². The molecule has 0 aromatic heterocycles. The summed E-state index contributed by atoms with van der Waals surface area (Å²) in [4.78, 5) is 2.50. The molecule has 108 valence electrons.